The van der Waals surface area contributed by atoms with Crippen molar-refractivity contribution in [1.82, 2.24) is 10.0 Å². The summed E-state index contributed by atoms with van der Waals surface area (Å²) in [4.78, 5) is 25.4. The fraction of sp³-hybridized carbons (Fsp3) is 0.600. The van der Waals surface area contributed by atoms with E-state index >= 15 is 0 Å². The molecule has 1 aliphatic rings. The number of hydrogen-bond donors (Lipinski definition) is 3. The zero-order valence-electron chi connectivity index (χ0n) is 17.4. The lowest BCUT2D eigenvalue weighted by Gasteiger charge is -2.23. The van der Waals surface area contributed by atoms with Gasteiger partial charge in [0.05, 0.1) is 16.3 Å². The van der Waals surface area contributed by atoms with Crippen molar-refractivity contribution in [2.45, 2.75) is 57.5 Å². The molecule has 2 amide bonds. The van der Waals surface area contributed by atoms with Gasteiger partial charge in [-0.3, -0.25) is 9.59 Å². The first-order valence-electron chi connectivity index (χ1n) is 10.2. The van der Waals surface area contributed by atoms with Crippen LogP contribution in [0.4, 0.5) is 5.69 Å². The Kier molecular flexibility index (Phi) is 9.93. The van der Waals surface area contributed by atoms with E-state index in [2.05, 4.69) is 15.4 Å². The van der Waals surface area contributed by atoms with Gasteiger partial charge in [-0.05, 0) is 56.4 Å². The lowest BCUT2D eigenvalue weighted by atomic mass is 9.95. The first kappa shape index (κ1) is 25.0. The van der Waals surface area contributed by atoms with E-state index in [1.807, 2.05) is 6.26 Å². The number of carbonyl (C=O) groups excluding carboxylic acids is 2. The van der Waals surface area contributed by atoms with Crippen LogP contribution in [-0.4, -0.2) is 50.1 Å². The summed E-state index contributed by atoms with van der Waals surface area (Å²) in [6.45, 7) is 1.52. The predicted molar refractivity (Wildman–Crippen MR) is 124 cm³/mol. The van der Waals surface area contributed by atoms with Crippen molar-refractivity contribution >= 4 is 50.9 Å². The highest BCUT2D eigenvalue weighted by Crippen LogP contribution is 2.23. The molecule has 168 valence electrons. The Morgan fingerprint density at radius 3 is 2.57 bits per heavy atom. The summed E-state index contributed by atoms with van der Waals surface area (Å²) in [5.41, 5.74) is 0.679. The third-order valence-electron chi connectivity index (χ3n) is 5.05. The van der Waals surface area contributed by atoms with Crippen LogP contribution in [0.5, 0.6) is 0 Å². The number of thioether (sulfide) groups is 1. The van der Waals surface area contributed by atoms with Crippen LogP contribution in [0.15, 0.2) is 18.2 Å². The second kappa shape index (κ2) is 11.9. The van der Waals surface area contributed by atoms with Gasteiger partial charge in [-0.25, -0.2) is 13.1 Å². The number of nitrogens with one attached hydrogen (secondary N) is 3. The standard InChI is InChI=1S/C20H30ClN3O4S2/c1-3-30(27,28)24-18(11-12-29-2)20(26)23-15-9-10-17(21)16(13-15)19(25)22-14-7-5-4-6-8-14/h9-10,13-14,18,24H,3-8,11-12H2,1-2H3,(H,22,25)(H,23,26). The molecule has 0 heterocycles. The van der Waals surface area contributed by atoms with E-state index in [1.54, 1.807) is 12.1 Å². The molecule has 2 rings (SSSR count). The summed E-state index contributed by atoms with van der Waals surface area (Å²) >= 11 is 7.74. The number of sulfonamides is 1. The van der Waals surface area contributed by atoms with Crippen LogP contribution in [-0.2, 0) is 14.8 Å². The summed E-state index contributed by atoms with van der Waals surface area (Å²) in [6, 6.07) is 3.92. The molecule has 0 spiro atoms. The van der Waals surface area contributed by atoms with Gasteiger partial charge in [0.15, 0.2) is 0 Å². The van der Waals surface area contributed by atoms with Gasteiger partial charge in [-0.2, -0.15) is 11.8 Å². The fourth-order valence-corrected chi connectivity index (χ4v) is 4.80. The molecule has 1 unspecified atom stereocenters. The van der Waals surface area contributed by atoms with Gasteiger partial charge in [0.2, 0.25) is 15.9 Å². The molecule has 0 bridgehead atoms. The highest BCUT2D eigenvalue weighted by Gasteiger charge is 2.24. The lowest BCUT2D eigenvalue weighted by Crippen LogP contribution is -2.44. The maximum Gasteiger partial charge on any atom is 0.253 e. The molecule has 30 heavy (non-hydrogen) atoms. The first-order valence-corrected chi connectivity index (χ1v) is 13.6. The van der Waals surface area contributed by atoms with E-state index in [-0.39, 0.29) is 23.3 Å². The molecule has 1 aromatic carbocycles. The van der Waals surface area contributed by atoms with Crippen molar-refractivity contribution in [3.8, 4) is 0 Å². The summed E-state index contributed by atoms with van der Waals surface area (Å²) in [5.74, 6) is -0.224. The number of benzene rings is 1. The maximum absolute atomic E-state index is 12.7. The molecule has 1 atom stereocenters. The van der Waals surface area contributed by atoms with Crippen LogP contribution in [0.3, 0.4) is 0 Å². The Morgan fingerprint density at radius 1 is 1.23 bits per heavy atom. The Morgan fingerprint density at radius 2 is 1.93 bits per heavy atom. The monoisotopic (exact) mass is 475 g/mol. The van der Waals surface area contributed by atoms with Gasteiger partial charge in [-0.1, -0.05) is 30.9 Å². The van der Waals surface area contributed by atoms with Crippen LogP contribution in [0.25, 0.3) is 0 Å². The first-order chi connectivity index (χ1) is 14.3. The minimum absolute atomic E-state index is 0.109. The van der Waals surface area contributed by atoms with E-state index in [1.165, 1.54) is 31.2 Å². The van der Waals surface area contributed by atoms with Crippen LogP contribution >= 0.6 is 23.4 Å². The number of rotatable bonds is 10. The Hall–Kier alpha value is -1.29. The smallest absolute Gasteiger partial charge is 0.253 e. The third kappa shape index (κ3) is 7.76. The minimum atomic E-state index is -3.54. The number of hydrogen-bond acceptors (Lipinski definition) is 5. The average Bonchev–Trinajstić information content (AvgIpc) is 2.73. The number of amides is 2. The molecule has 0 radical (unpaired) electrons. The van der Waals surface area contributed by atoms with Crippen molar-refractivity contribution in [1.29, 1.82) is 0 Å². The highest BCUT2D eigenvalue weighted by atomic mass is 35.5. The molecule has 10 heteroatoms. The largest absolute Gasteiger partial charge is 0.349 e. The number of anilines is 1. The molecular weight excluding hydrogens is 446 g/mol. The number of halogens is 1. The molecule has 3 N–H and O–H groups in total. The van der Waals surface area contributed by atoms with Crippen molar-refractivity contribution in [2.24, 2.45) is 0 Å². The van der Waals surface area contributed by atoms with Crippen LogP contribution < -0.4 is 15.4 Å². The third-order valence-corrected chi connectivity index (χ3v) is 7.43. The van der Waals surface area contributed by atoms with Crippen molar-refractivity contribution in [2.75, 3.05) is 23.1 Å². The molecule has 0 saturated heterocycles. The van der Waals surface area contributed by atoms with E-state index < -0.39 is 22.0 Å². The Balaban J connectivity index is 2.11. The van der Waals surface area contributed by atoms with Crippen LogP contribution in [0, 0.1) is 0 Å². The van der Waals surface area contributed by atoms with Crippen molar-refractivity contribution in [3.63, 3.8) is 0 Å². The molecule has 7 nitrogen and oxygen atoms in total. The van der Waals surface area contributed by atoms with Crippen molar-refractivity contribution < 1.29 is 18.0 Å². The SMILES string of the molecule is CCS(=O)(=O)NC(CCSC)C(=O)Nc1ccc(Cl)c(C(=O)NC2CCCCC2)c1. The highest BCUT2D eigenvalue weighted by molar-refractivity contribution is 7.98. The van der Waals surface area contributed by atoms with Gasteiger partial charge < -0.3 is 10.6 Å². The normalized spacial score (nSPS) is 16.1. The van der Waals surface area contributed by atoms with E-state index in [4.69, 9.17) is 11.6 Å². The van der Waals surface area contributed by atoms with Gasteiger partial charge in [0.1, 0.15) is 6.04 Å². The predicted octanol–water partition coefficient (Wildman–Crippen LogP) is 3.40. The average molecular weight is 476 g/mol. The fourth-order valence-electron chi connectivity index (χ4n) is 3.30. The summed E-state index contributed by atoms with van der Waals surface area (Å²) in [6.07, 6.45) is 7.53. The molecule has 1 aromatic rings. The Bertz CT molecular complexity index is 842. The zero-order valence-corrected chi connectivity index (χ0v) is 19.8. The minimum Gasteiger partial charge on any atom is -0.349 e. The van der Waals surface area contributed by atoms with E-state index in [0.29, 0.717) is 22.9 Å². The van der Waals surface area contributed by atoms with Gasteiger partial charge in [0.25, 0.3) is 5.91 Å². The molecule has 1 saturated carbocycles. The van der Waals surface area contributed by atoms with Crippen LogP contribution in [0.1, 0.15) is 55.8 Å². The van der Waals surface area contributed by atoms with Gasteiger partial charge in [0, 0.05) is 11.7 Å². The maximum atomic E-state index is 12.7. The lowest BCUT2D eigenvalue weighted by molar-refractivity contribution is -0.117. The topological polar surface area (TPSA) is 104 Å². The summed E-state index contributed by atoms with van der Waals surface area (Å²) < 4.78 is 26.3. The van der Waals surface area contributed by atoms with E-state index in [9.17, 15) is 18.0 Å². The number of carbonyl (C=O) groups is 2. The van der Waals surface area contributed by atoms with E-state index in [0.717, 1.165) is 25.7 Å². The Labute approximate surface area is 188 Å². The van der Waals surface area contributed by atoms with Gasteiger partial charge in [-0.15, -0.1) is 0 Å². The zero-order chi connectivity index (χ0) is 22.1. The second-order valence-electron chi connectivity index (χ2n) is 7.35. The molecule has 1 aliphatic carbocycles. The molecule has 1 fully saturated rings. The second-order valence-corrected chi connectivity index (χ2v) is 10.8. The molecule has 0 aliphatic heterocycles. The quantitative estimate of drug-likeness (QED) is 0.481. The summed E-state index contributed by atoms with van der Waals surface area (Å²) in [5, 5.41) is 6.02. The van der Waals surface area contributed by atoms with Gasteiger partial charge >= 0.3 is 0 Å². The molecular formula is C20H30ClN3O4S2. The van der Waals surface area contributed by atoms with Crippen LogP contribution in [0.2, 0.25) is 5.02 Å². The summed E-state index contributed by atoms with van der Waals surface area (Å²) in [7, 11) is -3.54. The van der Waals surface area contributed by atoms with Crippen molar-refractivity contribution in [3.05, 3.63) is 28.8 Å². The molecule has 0 aromatic heterocycles.